The van der Waals surface area contributed by atoms with E-state index in [1.165, 1.54) is 0 Å². The number of carbonyl (C=O) groups is 1. The molecular formula is C16H17NO2. The molecule has 1 N–H and O–H groups in total. The normalized spacial score (nSPS) is 12.4. The number of rotatable bonds is 4. The largest absolute Gasteiger partial charge is 0.478 e. The number of hydrogen-bond acceptors (Lipinski definition) is 2. The lowest BCUT2D eigenvalue weighted by Gasteiger charge is -2.26. The summed E-state index contributed by atoms with van der Waals surface area (Å²) in [6.07, 6.45) is 0. The fourth-order valence-corrected chi connectivity index (χ4v) is 2.32. The van der Waals surface area contributed by atoms with Crippen LogP contribution >= 0.6 is 0 Å². The van der Waals surface area contributed by atoms with Gasteiger partial charge in [0.2, 0.25) is 0 Å². The van der Waals surface area contributed by atoms with Crippen molar-refractivity contribution in [3.05, 3.63) is 71.3 Å². The Labute approximate surface area is 113 Å². The summed E-state index contributed by atoms with van der Waals surface area (Å²) in [4.78, 5) is 13.4. The highest BCUT2D eigenvalue weighted by Gasteiger charge is 2.21. The molecule has 0 fully saturated rings. The summed E-state index contributed by atoms with van der Waals surface area (Å²) in [7, 11) is 3.91. The number of carboxylic acids is 1. The minimum absolute atomic E-state index is 0.0616. The maximum absolute atomic E-state index is 11.4. The van der Waals surface area contributed by atoms with Gasteiger partial charge in [-0.1, -0.05) is 48.5 Å². The number of nitrogens with zero attached hydrogens (tertiary/aromatic N) is 1. The lowest BCUT2D eigenvalue weighted by atomic mass is 9.93. The lowest BCUT2D eigenvalue weighted by molar-refractivity contribution is 0.0694. The summed E-state index contributed by atoms with van der Waals surface area (Å²) in [5, 5.41) is 9.32. The maximum atomic E-state index is 11.4. The number of benzene rings is 2. The molecule has 0 heterocycles. The average molecular weight is 255 g/mol. The van der Waals surface area contributed by atoms with Crippen molar-refractivity contribution < 1.29 is 9.90 Å². The van der Waals surface area contributed by atoms with Gasteiger partial charge in [0.15, 0.2) is 0 Å². The Bertz CT molecular complexity index is 564. The van der Waals surface area contributed by atoms with Gasteiger partial charge in [0, 0.05) is 0 Å². The zero-order valence-corrected chi connectivity index (χ0v) is 11.1. The van der Waals surface area contributed by atoms with E-state index in [1.54, 1.807) is 12.1 Å². The van der Waals surface area contributed by atoms with Gasteiger partial charge in [-0.05, 0) is 31.3 Å². The van der Waals surface area contributed by atoms with E-state index >= 15 is 0 Å². The third kappa shape index (κ3) is 2.83. The molecule has 1 atom stereocenters. The molecule has 0 amide bonds. The van der Waals surface area contributed by atoms with Crippen LogP contribution < -0.4 is 0 Å². The van der Waals surface area contributed by atoms with Gasteiger partial charge < -0.3 is 5.11 Å². The van der Waals surface area contributed by atoms with Gasteiger partial charge in [0.25, 0.3) is 0 Å². The van der Waals surface area contributed by atoms with Crippen molar-refractivity contribution in [1.29, 1.82) is 0 Å². The molecule has 98 valence electrons. The van der Waals surface area contributed by atoms with Crippen molar-refractivity contribution >= 4 is 5.97 Å². The van der Waals surface area contributed by atoms with E-state index in [4.69, 9.17) is 0 Å². The van der Waals surface area contributed by atoms with Crippen LogP contribution in [-0.4, -0.2) is 30.1 Å². The fourth-order valence-electron chi connectivity index (χ4n) is 2.32. The lowest BCUT2D eigenvalue weighted by Crippen LogP contribution is -2.23. The van der Waals surface area contributed by atoms with E-state index in [0.29, 0.717) is 5.56 Å². The first-order valence-electron chi connectivity index (χ1n) is 6.15. The van der Waals surface area contributed by atoms with Crippen molar-refractivity contribution in [2.24, 2.45) is 0 Å². The minimum Gasteiger partial charge on any atom is -0.478 e. The maximum Gasteiger partial charge on any atom is 0.336 e. The van der Waals surface area contributed by atoms with E-state index in [-0.39, 0.29) is 6.04 Å². The summed E-state index contributed by atoms with van der Waals surface area (Å²) in [6, 6.07) is 17.0. The summed E-state index contributed by atoms with van der Waals surface area (Å²) in [6.45, 7) is 0. The smallest absolute Gasteiger partial charge is 0.336 e. The fraction of sp³-hybridized carbons (Fsp3) is 0.188. The van der Waals surface area contributed by atoms with Crippen LogP contribution in [0.2, 0.25) is 0 Å². The van der Waals surface area contributed by atoms with Gasteiger partial charge in [-0.15, -0.1) is 0 Å². The summed E-state index contributed by atoms with van der Waals surface area (Å²) >= 11 is 0. The zero-order chi connectivity index (χ0) is 13.8. The summed E-state index contributed by atoms with van der Waals surface area (Å²) < 4.78 is 0. The molecule has 0 aliphatic rings. The molecule has 1 unspecified atom stereocenters. The SMILES string of the molecule is CN(C)C(c1ccccc1)c1ccccc1C(=O)O. The highest BCUT2D eigenvalue weighted by Crippen LogP contribution is 2.29. The van der Waals surface area contributed by atoms with E-state index in [1.807, 2.05) is 61.5 Å². The molecular weight excluding hydrogens is 238 g/mol. The highest BCUT2D eigenvalue weighted by atomic mass is 16.4. The van der Waals surface area contributed by atoms with E-state index in [0.717, 1.165) is 11.1 Å². The molecule has 0 aromatic heterocycles. The molecule has 0 spiro atoms. The van der Waals surface area contributed by atoms with Gasteiger partial charge >= 0.3 is 5.97 Å². The van der Waals surface area contributed by atoms with Crippen LogP contribution in [0.3, 0.4) is 0 Å². The molecule has 0 aliphatic carbocycles. The number of carboxylic acid groups (broad SMARTS) is 1. The summed E-state index contributed by atoms with van der Waals surface area (Å²) in [5.41, 5.74) is 2.25. The van der Waals surface area contributed by atoms with Crippen LogP contribution in [0, 0.1) is 0 Å². The molecule has 3 heteroatoms. The molecule has 0 bridgehead atoms. The Morgan fingerprint density at radius 1 is 1.00 bits per heavy atom. The predicted octanol–water partition coefficient (Wildman–Crippen LogP) is 3.04. The first kappa shape index (κ1) is 13.3. The molecule has 2 aromatic carbocycles. The van der Waals surface area contributed by atoms with E-state index < -0.39 is 5.97 Å². The molecule has 2 rings (SSSR count). The first-order valence-corrected chi connectivity index (χ1v) is 6.15. The molecule has 0 saturated heterocycles. The second kappa shape index (κ2) is 5.67. The van der Waals surface area contributed by atoms with Gasteiger partial charge in [-0.2, -0.15) is 0 Å². The number of hydrogen-bond donors (Lipinski definition) is 1. The van der Waals surface area contributed by atoms with Crippen molar-refractivity contribution in [1.82, 2.24) is 4.90 Å². The summed E-state index contributed by atoms with van der Waals surface area (Å²) in [5.74, 6) is -0.890. The molecule has 2 aromatic rings. The van der Waals surface area contributed by atoms with Gasteiger partial charge in [0.1, 0.15) is 0 Å². The Kier molecular flexibility index (Phi) is 3.97. The monoisotopic (exact) mass is 255 g/mol. The van der Waals surface area contributed by atoms with Crippen molar-refractivity contribution in [3.63, 3.8) is 0 Å². The van der Waals surface area contributed by atoms with Crippen molar-refractivity contribution in [2.45, 2.75) is 6.04 Å². The Morgan fingerprint density at radius 2 is 1.58 bits per heavy atom. The molecule has 19 heavy (non-hydrogen) atoms. The third-order valence-electron chi connectivity index (χ3n) is 3.12. The second-order valence-electron chi connectivity index (χ2n) is 4.67. The van der Waals surface area contributed by atoms with Crippen LogP contribution in [-0.2, 0) is 0 Å². The molecule has 0 radical (unpaired) electrons. The van der Waals surface area contributed by atoms with Crippen molar-refractivity contribution in [2.75, 3.05) is 14.1 Å². The highest BCUT2D eigenvalue weighted by molar-refractivity contribution is 5.89. The third-order valence-corrected chi connectivity index (χ3v) is 3.12. The van der Waals surface area contributed by atoms with Gasteiger partial charge in [-0.25, -0.2) is 4.79 Å². The van der Waals surface area contributed by atoms with E-state index in [2.05, 4.69) is 0 Å². The predicted molar refractivity (Wildman–Crippen MR) is 75.4 cm³/mol. The van der Waals surface area contributed by atoms with Crippen LogP contribution in [0.15, 0.2) is 54.6 Å². The van der Waals surface area contributed by atoms with Crippen molar-refractivity contribution in [3.8, 4) is 0 Å². The van der Waals surface area contributed by atoms with Crippen LogP contribution in [0.4, 0.5) is 0 Å². The topological polar surface area (TPSA) is 40.5 Å². The van der Waals surface area contributed by atoms with Crippen LogP contribution in [0.1, 0.15) is 27.5 Å². The van der Waals surface area contributed by atoms with Crippen LogP contribution in [0.5, 0.6) is 0 Å². The second-order valence-corrected chi connectivity index (χ2v) is 4.67. The quantitative estimate of drug-likeness (QED) is 0.913. The van der Waals surface area contributed by atoms with E-state index in [9.17, 15) is 9.90 Å². The minimum atomic E-state index is -0.890. The van der Waals surface area contributed by atoms with Gasteiger partial charge in [0.05, 0.1) is 11.6 Å². The first-order chi connectivity index (χ1) is 9.11. The Hall–Kier alpha value is -2.13. The van der Waals surface area contributed by atoms with Gasteiger partial charge in [-0.3, -0.25) is 4.90 Å². The zero-order valence-electron chi connectivity index (χ0n) is 11.1. The average Bonchev–Trinajstić information content (AvgIpc) is 2.40. The molecule has 0 saturated carbocycles. The Balaban J connectivity index is 2.55. The molecule has 0 aliphatic heterocycles. The standard InChI is InChI=1S/C16H17NO2/c1-17(2)15(12-8-4-3-5-9-12)13-10-6-7-11-14(13)16(18)19/h3-11,15H,1-2H3,(H,18,19). The number of aromatic carboxylic acids is 1. The molecule has 3 nitrogen and oxygen atoms in total. The van der Waals surface area contributed by atoms with Crippen LogP contribution in [0.25, 0.3) is 0 Å². The Morgan fingerprint density at radius 3 is 2.16 bits per heavy atom.